The largest absolute Gasteiger partial charge is 0.364 e. The van der Waals surface area contributed by atoms with Crippen molar-refractivity contribution in [1.29, 1.82) is 5.26 Å². The highest BCUT2D eigenvalue weighted by Crippen LogP contribution is 2.41. The molecule has 5 rings (SSSR count). The van der Waals surface area contributed by atoms with E-state index in [1.165, 1.54) is 0 Å². The van der Waals surface area contributed by atoms with E-state index in [4.69, 9.17) is 16.6 Å². The van der Waals surface area contributed by atoms with Crippen molar-refractivity contribution in [3.63, 3.8) is 0 Å². The number of nitrogens with zero attached hydrogens (tertiary/aromatic N) is 3. The maximum Gasteiger partial charge on any atom is 0.139 e. The highest BCUT2D eigenvalue weighted by atomic mass is 35.5. The van der Waals surface area contributed by atoms with Gasteiger partial charge in [-0.05, 0) is 46.3 Å². The first kappa shape index (κ1) is 20.7. The summed E-state index contributed by atoms with van der Waals surface area (Å²) in [4.78, 5) is 9.19. The van der Waals surface area contributed by atoms with Crippen LogP contribution in [0.1, 0.15) is 11.3 Å². The first-order valence-corrected chi connectivity index (χ1v) is 10.9. The molecule has 5 heteroatoms. The number of anilines is 1. The number of benzene rings is 3. The molecule has 2 heterocycles. The summed E-state index contributed by atoms with van der Waals surface area (Å²) < 4.78 is 0. The van der Waals surface area contributed by atoms with Gasteiger partial charge in [-0.15, -0.1) is 0 Å². The van der Waals surface area contributed by atoms with Crippen LogP contribution in [0.15, 0.2) is 97.2 Å². The third-order valence-electron chi connectivity index (χ3n) is 5.54. The average molecular weight is 447 g/mol. The molecular formula is C28H19ClN4. The summed E-state index contributed by atoms with van der Waals surface area (Å²) in [5, 5.41) is 15.0. The van der Waals surface area contributed by atoms with E-state index in [0.717, 1.165) is 38.7 Å². The molecule has 0 aliphatic carbocycles. The Labute approximate surface area is 197 Å². The van der Waals surface area contributed by atoms with Gasteiger partial charge in [0.15, 0.2) is 0 Å². The Morgan fingerprint density at radius 3 is 2.33 bits per heavy atom. The standard InChI is InChI=1S/C28H19ClN4/c29-27-25(21-14-12-19(17-30)13-15-21)24-11-6-10-23(20-7-2-1-3-8-20)26(24)28(33-27)32-18-22-9-4-5-16-31-22/h1-16H,18H2,(H,32,33). The number of hydrogen-bond acceptors (Lipinski definition) is 4. The van der Waals surface area contributed by atoms with Gasteiger partial charge in [-0.2, -0.15) is 5.26 Å². The van der Waals surface area contributed by atoms with Crippen LogP contribution < -0.4 is 5.32 Å². The molecule has 33 heavy (non-hydrogen) atoms. The van der Waals surface area contributed by atoms with Gasteiger partial charge in [-0.1, -0.05) is 78.3 Å². The Hall–Kier alpha value is -4.20. The van der Waals surface area contributed by atoms with Crippen molar-refractivity contribution in [1.82, 2.24) is 9.97 Å². The lowest BCUT2D eigenvalue weighted by atomic mass is 9.94. The number of aromatic nitrogens is 2. The molecule has 0 aliphatic rings. The molecule has 0 saturated heterocycles. The Balaban J connectivity index is 1.73. The number of rotatable bonds is 5. The zero-order chi connectivity index (χ0) is 22.6. The molecule has 0 aliphatic heterocycles. The van der Waals surface area contributed by atoms with Crippen molar-refractivity contribution >= 4 is 28.2 Å². The lowest BCUT2D eigenvalue weighted by molar-refractivity contribution is 1.03. The Bertz CT molecular complexity index is 1460. The van der Waals surface area contributed by atoms with E-state index in [2.05, 4.69) is 40.6 Å². The fraction of sp³-hybridized carbons (Fsp3) is 0.0357. The molecule has 0 fully saturated rings. The lowest BCUT2D eigenvalue weighted by Gasteiger charge is -2.17. The van der Waals surface area contributed by atoms with Crippen LogP contribution in [-0.2, 0) is 6.54 Å². The summed E-state index contributed by atoms with van der Waals surface area (Å²) in [6.07, 6.45) is 1.78. The molecule has 0 spiro atoms. The minimum absolute atomic E-state index is 0.404. The van der Waals surface area contributed by atoms with Gasteiger partial charge < -0.3 is 5.32 Å². The zero-order valence-electron chi connectivity index (χ0n) is 17.7. The van der Waals surface area contributed by atoms with E-state index in [0.29, 0.717) is 23.1 Å². The van der Waals surface area contributed by atoms with Crippen LogP contribution in [0.25, 0.3) is 33.0 Å². The zero-order valence-corrected chi connectivity index (χ0v) is 18.4. The third-order valence-corrected chi connectivity index (χ3v) is 5.81. The second-order valence-corrected chi connectivity index (χ2v) is 7.94. The number of pyridine rings is 2. The van der Waals surface area contributed by atoms with Gasteiger partial charge in [0.1, 0.15) is 11.0 Å². The molecule has 1 N–H and O–H groups in total. The van der Waals surface area contributed by atoms with Crippen LogP contribution in [0.4, 0.5) is 5.82 Å². The van der Waals surface area contributed by atoms with E-state index in [1.807, 2.05) is 54.6 Å². The summed E-state index contributed by atoms with van der Waals surface area (Å²) in [5.41, 5.74) is 5.44. The first-order chi connectivity index (χ1) is 16.2. The van der Waals surface area contributed by atoms with Crippen molar-refractivity contribution in [2.45, 2.75) is 6.54 Å². The Morgan fingerprint density at radius 1 is 0.818 bits per heavy atom. The predicted molar refractivity (Wildman–Crippen MR) is 134 cm³/mol. The molecule has 0 radical (unpaired) electrons. The highest BCUT2D eigenvalue weighted by molar-refractivity contribution is 6.34. The monoisotopic (exact) mass is 446 g/mol. The van der Waals surface area contributed by atoms with E-state index in [1.54, 1.807) is 18.3 Å². The van der Waals surface area contributed by atoms with Gasteiger partial charge in [0.25, 0.3) is 0 Å². The number of fused-ring (bicyclic) bond motifs is 1. The van der Waals surface area contributed by atoms with Gasteiger partial charge in [-0.3, -0.25) is 4.98 Å². The molecule has 5 aromatic rings. The smallest absolute Gasteiger partial charge is 0.139 e. The van der Waals surface area contributed by atoms with Crippen molar-refractivity contribution < 1.29 is 0 Å². The lowest BCUT2D eigenvalue weighted by Crippen LogP contribution is -2.05. The molecule has 0 amide bonds. The van der Waals surface area contributed by atoms with Gasteiger partial charge in [-0.25, -0.2) is 4.98 Å². The Kier molecular flexibility index (Phi) is 5.72. The minimum atomic E-state index is 0.404. The fourth-order valence-electron chi connectivity index (χ4n) is 3.99. The quantitative estimate of drug-likeness (QED) is 0.292. The van der Waals surface area contributed by atoms with Gasteiger partial charge >= 0.3 is 0 Å². The molecule has 0 unspecified atom stereocenters. The van der Waals surface area contributed by atoms with E-state index in [9.17, 15) is 5.26 Å². The molecule has 3 aromatic carbocycles. The van der Waals surface area contributed by atoms with E-state index in [-0.39, 0.29) is 0 Å². The molecule has 158 valence electrons. The summed E-state index contributed by atoms with van der Waals surface area (Å²) in [6.45, 7) is 0.526. The summed E-state index contributed by atoms with van der Waals surface area (Å²) in [7, 11) is 0. The normalized spacial score (nSPS) is 10.7. The van der Waals surface area contributed by atoms with Gasteiger partial charge in [0, 0.05) is 17.1 Å². The van der Waals surface area contributed by atoms with Crippen LogP contribution in [0.3, 0.4) is 0 Å². The maximum atomic E-state index is 9.18. The first-order valence-electron chi connectivity index (χ1n) is 10.6. The number of nitrogens with one attached hydrogen (secondary N) is 1. The second-order valence-electron chi connectivity index (χ2n) is 7.58. The number of halogens is 1. The van der Waals surface area contributed by atoms with Crippen LogP contribution in [0, 0.1) is 11.3 Å². The number of nitriles is 1. The molecule has 4 nitrogen and oxygen atoms in total. The molecule has 0 saturated carbocycles. The Morgan fingerprint density at radius 2 is 1.61 bits per heavy atom. The number of hydrogen-bond donors (Lipinski definition) is 1. The van der Waals surface area contributed by atoms with Gasteiger partial charge in [0.05, 0.1) is 23.9 Å². The molecular weight excluding hydrogens is 428 g/mol. The maximum absolute atomic E-state index is 9.18. The van der Waals surface area contributed by atoms with Crippen molar-refractivity contribution in [3.8, 4) is 28.3 Å². The van der Waals surface area contributed by atoms with Crippen LogP contribution in [0.2, 0.25) is 5.15 Å². The van der Waals surface area contributed by atoms with Crippen molar-refractivity contribution in [3.05, 3.63) is 114 Å². The van der Waals surface area contributed by atoms with Crippen LogP contribution in [0.5, 0.6) is 0 Å². The summed E-state index contributed by atoms with van der Waals surface area (Å²) in [6, 6.07) is 31.9. The van der Waals surface area contributed by atoms with E-state index < -0.39 is 0 Å². The van der Waals surface area contributed by atoms with Crippen LogP contribution >= 0.6 is 11.6 Å². The second kappa shape index (κ2) is 9.12. The molecule has 0 atom stereocenters. The molecule has 2 aromatic heterocycles. The fourth-order valence-corrected chi connectivity index (χ4v) is 4.28. The SMILES string of the molecule is N#Cc1ccc(-c2c(Cl)nc(NCc3ccccn3)c3c(-c4ccccc4)cccc23)cc1. The van der Waals surface area contributed by atoms with Crippen LogP contribution in [-0.4, -0.2) is 9.97 Å². The van der Waals surface area contributed by atoms with E-state index >= 15 is 0 Å². The topological polar surface area (TPSA) is 61.6 Å². The predicted octanol–water partition coefficient (Wildman–Crippen LogP) is 7.10. The van der Waals surface area contributed by atoms with Crippen molar-refractivity contribution in [2.24, 2.45) is 0 Å². The third kappa shape index (κ3) is 4.15. The van der Waals surface area contributed by atoms with Gasteiger partial charge in [0.2, 0.25) is 0 Å². The van der Waals surface area contributed by atoms with Crippen molar-refractivity contribution in [2.75, 3.05) is 5.32 Å². The molecule has 0 bridgehead atoms. The summed E-state index contributed by atoms with van der Waals surface area (Å²) in [5.74, 6) is 0.706. The average Bonchev–Trinajstić information content (AvgIpc) is 2.88. The highest BCUT2D eigenvalue weighted by Gasteiger charge is 2.18. The summed E-state index contributed by atoms with van der Waals surface area (Å²) >= 11 is 6.76. The minimum Gasteiger partial charge on any atom is -0.364 e.